The number of rotatable bonds is 6. The molecule has 0 bridgehead atoms. The molecular weight excluding hydrogens is 260 g/mol. The van der Waals surface area contributed by atoms with Crippen LogP contribution in [-0.4, -0.2) is 27.2 Å². The van der Waals surface area contributed by atoms with Gasteiger partial charge in [0.25, 0.3) is 0 Å². The molecule has 1 N–H and O–H groups in total. The van der Waals surface area contributed by atoms with E-state index in [1.807, 2.05) is 6.92 Å². The summed E-state index contributed by atoms with van der Waals surface area (Å²) in [5.74, 6) is -0.656. The summed E-state index contributed by atoms with van der Waals surface area (Å²) in [6.45, 7) is 4.13. The zero-order valence-electron chi connectivity index (χ0n) is 10.3. The SMILES string of the molecule is CCCCNC(=O)Cn1nc([N+](=O)[O-])c(Cl)c1C. The molecule has 100 valence electrons. The number of hydrogen-bond donors (Lipinski definition) is 1. The molecule has 7 nitrogen and oxygen atoms in total. The Morgan fingerprint density at radius 2 is 2.28 bits per heavy atom. The number of aromatic nitrogens is 2. The van der Waals surface area contributed by atoms with E-state index in [0.717, 1.165) is 12.8 Å². The lowest BCUT2D eigenvalue weighted by Gasteiger charge is -2.03. The highest BCUT2D eigenvalue weighted by molar-refractivity contribution is 6.33. The van der Waals surface area contributed by atoms with Crippen LogP contribution in [0.15, 0.2) is 0 Å². The van der Waals surface area contributed by atoms with Gasteiger partial charge < -0.3 is 15.4 Å². The van der Waals surface area contributed by atoms with Crippen LogP contribution < -0.4 is 5.32 Å². The Bertz CT molecular complexity index is 458. The zero-order valence-corrected chi connectivity index (χ0v) is 11.0. The summed E-state index contributed by atoms with van der Waals surface area (Å²) < 4.78 is 1.24. The van der Waals surface area contributed by atoms with Crippen molar-refractivity contribution in [3.63, 3.8) is 0 Å². The van der Waals surface area contributed by atoms with Gasteiger partial charge in [-0.2, -0.15) is 4.68 Å². The molecule has 0 fully saturated rings. The lowest BCUT2D eigenvalue weighted by molar-refractivity contribution is -0.389. The van der Waals surface area contributed by atoms with Gasteiger partial charge in [0.1, 0.15) is 6.54 Å². The Morgan fingerprint density at radius 1 is 1.61 bits per heavy atom. The summed E-state index contributed by atoms with van der Waals surface area (Å²) in [7, 11) is 0. The fraction of sp³-hybridized carbons (Fsp3) is 0.600. The predicted octanol–water partition coefficient (Wildman–Crippen LogP) is 1.67. The molecule has 1 rings (SSSR count). The molecule has 18 heavy (non-hydrogen) atoms. The van der Waals surface area contributed by atoms with Gasteiger partial charge in [-0.1, -0.05) is 24.9 Å². The van der Waals surface area contributed by atoms with E-state index in [1.54, 1.807) is 6.92 Å². The van der Waals surface area contributed by atoms with Crippen LogP contribution in [0.1, 0.15) is 25.5 Å². The summed E-state index contributed by atoms with van der Waals surface area (Å²) in [6, 6.07) is 0. The molecule has 0 saturated carbocycles. The number of nitrogens with one attached hydrogen (secondary N) is 1. The molecule has 0 aromatic carbocycles. The highest BCUT2D eigenvalue weighted by Crippen LogP contribution is 2.26. The Kier molecular flexibility index (Phi) is 5.08. The fourth-order valence-corrected chi connectivity index (χ4v) is 1.58. The highest BCUT2D eigenvalue weighted by Gasteiger charge is 2.24. The first-order valence-corrected chi connectivity index (χ1v) is 5.99. The van der Waals surface area contributed by atoms with E-state index in [-0.39, 0.29) is 17.5 Å². The smallest absolute Gasteiger partial charge is 0.358 e. The van der Waals surface area contributed by atoms with Crippen molar-refractivity contribution in [3.8, 4) is 0 Å². The minimum absolute atomic E-state index is 0.0265. The Balaban J connectivity index is 2.70. The number of nitro groups is 1. The van der Waals surface area contributed by atoms with E-state index >= 15 is 0 Å². The Labute approximate surface area is 109 Å². The average Bonchev–Trinajstić information content (AvgIpc) is 2.58. The van der Waals surface area contributed by atoms with E-state index in [2.05, 4.69) is 10.4 Å². The quantitative estimate of drug-likeness (QED) is 0.485. The molecule has 0 aliphatic rings. The lowest BCUT2D eigenvalue weighted by atomic mass is 10.3. The minimum Gasteiger partial charge on any atom is -0.358 e. The van der Waals surface area contributed by atoms with Crippen molar-refractivity contribution < 1.29 is 9.72 Å². The molecular formula is C10H15ClN4O3. The van der Waals surface area contributed by atoms with E-state index in [9.17, 15) is 14.9 Å². The first-order chi connectivity index (χ1) is 8.47. The van der Waals surface area contributed by atoms with Crippen LogP contribution in [0, 0.1) is 17.0 Å². The van der Waals surface area contributed by atoms with Crippen LogP contribution in [0.2, 0.25) is 5.02 Å². The van der Waals surface area contributed by atoms with E-state index in [4.69, 9.17) is 11.6 Å². The van der Waals surface area contributed by atoms with Crippen LogP contribution in [0.25, 0.3) is 0 Å². The van der Waals surface area contributed by atoms with Crippen molar-refractivity contribution in [2.24, 2.45) is 0 Å². The highest BCUT2D eigenvalue weighted by atomic mass is 35.5. The second kappa shape index (κ2) is 6.34. The lowest BCUT2D eigenvalue weighted by Crippen LogP contribution is -2.29. The second-order valence-electron chi connectivity index (χ2n) is 3.84. The van der Waals surface area contributed by atoms with Crippen LogP contribution >= 0.6 is 11.6 Å². The maximum atomic E-state index is 11.5. The third-order valence-electron chi connectivity index (χ3n) is 2.44. The molecule has 1 aromatic heterocycles. The van der Waals surface area contributed by atoms with Crippen molar-refractivity contribution in [1.29, 1.82) is 0 Å². The maximum Gasteiger partial charge on any atom is 0.408 e. The molecule has 0 unspecified atom stereocenters. The van der Waals surface area contributed by atoms with E-state index < -0.39 is 10.7 Å². The molecule has 1 amide bonds. The van der Waals surface area contributed by atoms with Gasteiger partial charge in [-0.05, 0) is 18.3 Å². The zero-order chi connectivity index (χ0) is 13.7. The molecule has 8 heteroatoms. The van der Waals surface area contributed by atoms with Crippen LogP contribution in [0.4, 0.5) is 5.82 Å². The molecule has 0 saturated heterocycles. The number of unbranched alkanes of at least 4 members (excludes halogenated alkanes) is 1. The molecule has 0 spiro atoms. The monoisotopic (exact) mass is 274 g/mol. The van der Waals surface area contributed by atoms with Gasteiger partial charge in [0.15, 0.2) is 5.02 Å². The van der Waals surface area contributed by atoms with Crippen molar-refractivity contribution in [1.82, 2.24) is 15.1 Å². The Hall–Kier alpha value is -1.63. The van der Waals surface area contributed by atoms with Gasteiger partial charge in [0.05, 0.1) is 10.8 Å². The molecule has 0 atom stereocenters. The van der Waals surface area contributed by atoms with E-state index in [1.165, 1.54) is 4.68 Å². The third kappa shape index (κ3) is 3.43. The standard InChI is InChI=1S/C10H15ClN4O3/c1-3-4-5-12-8(16)6-14-7(2)9(11)10(13-14)15(17)18/h3-6H2,1-2H3,(H,12,16). The van der Waals surface area contributed by atoms with Crippen molar-refractivity contribution in [2.75, 3.05) is 6.54 Å². The van der Waals surface area contributed by atoms with Gasteiger partial charge in [0.2, 0.25) is 5.91 Å². The number of halogens is 1. The number of amides is 1. The van der Waals surface area contributed by atoms with Gasteiger partial charge >= 0.3 is 5.82 Å². The maximum absolute atomic E-state index is 11.5. The largest absolute Gasteiger partial charge is 0.408 e. The van der Waals surface area contributed by atoms with Gasteiger partial charge in [-0.15, -0.1) is 0 Å². The second-order valence-corrected chi connectivity index (χ2v) is 4.22. The predicted molar refractivity (Wildman–Crippen MR) is 66.5 cm³/mol. The Morgan fingerprint density at radius 3 is 2.78 bits per heavy atom. The third-order valence-corrected chi connectivity index (χ3v) is 2.88. The van der Waals surface area contributed by atoms with Gasteiger partial charge in [-0.25, -0.2) is 0 Å². The normalized spacial score (nSPS) is 10.4. The topological polar surface area (TPSA) is 90.1 Å². The fourth-order valence-electron chi connectivity index (χ4n) is 1.38. The molecule has 0 aliphatic carbocycles. The summed E-state index contributed by atoms with van der Waals surface area (Å²) in [6.07, 6.45) is 1.88. The molecule has 0 aliphatic heterocycles. The number of carbonyl (C=O) groups excluding carboxylic acids is 1. The average molecular weight is 275 g/mol. The molecule has 1 heterocycles. The minimum atomic E-state index is -0.666. The molecule has 1 aromatic rings. The van der Waals surface area contributed by atoms with Crippen LogP contribution in [0.3, 0.4) is 0 Å². The number of nitrogens with zero attached hydrogens (tertiary/aromatic N) is 3. The van der Waals surface area contributed by atoms with E-state index in [0.29, 0.717) is 12.2 Å². The summed E-state index contributed by atoms with van der Waals surface area (Å²) in [5.41, 5.74) is 0.411. The summed E-state index contributed by atoms with van der Waals surface area (Å²) in [5, 5.41) is 17.0. The van der Waals surface area contributed by atoms with Crippen molar-refractivity contribution >= 4 is 23.3 Å². The number of carbonyl (C=O) groups is 1. The van der Waals surface area contributed by atoms with Crippen molar-refractivity contribution in [3.05, 3.63) is 20.8 Å². The summed E-state index contributed by atoms with van der Waals surface area (Å²) in [4.78, 5) is 21.5. The van der Waals surface area contributed by atoms with Gasteiger partial charge in [-0.3, -0.25) is 4.79 Å². The first kappa shape index (κ1) is 14.4. The molecule has 0 radical (unpaired) electrons. The number of hydrogen-bond acceptors (Lipinski definition) is 4. The first-order valence-electron chi connectivity index (χ1n) is 5.61. The van der Waals surface area contributed by atoms with Crippen LogP contribution in [-0.2, 0) is 11.3 Å². The van der Waals surface area contributed by atoms with Crippen LogP contribution in [0.5, 0.6) is 0 Å². The van der Waals surface area contributed by atoms with Gasteiger partial charge in [0, 0.05) is 6.54 Å². The van der Waals surface area contributed by atoms with Crippen molar-refractivity contribution in [2.45, 2.75) is 33.2 Å². The summed E-state index contributed by atoms with van der Waals surface area (Å²) >= 11 is 5.76.